The molecule has 0 spiro atoms. The normalized spacial score (nSPS) is 17.4. The molecule has 1 aliphatic rings. The zero-order valence-electron chi connectivity index (χ0n) is 8.76. The largest absolute Gasteiger partial charge is 0.308 e. The number of nitrogens with one attached hydrogen (secondary N) is 1. The van der Waals surface area contributed by atoms with Crippen molar-refractivity contribution in [1.82, 2.24) is 5.32 Å². The highest BCUT2D eigenvalue weighted by Crippen LogP contribution is 2.14. The lowest BCUT2D eigenvalue weighted by Gasteiger charge is -2.05. The van der Waals surface area contributed by atoms with Crippen LogP contribution in [0.25, 0.3) is 0 Å². The van der Waals surface area contributed by atoms with E-state index in [2.05, 4.69) is 5.32 Å². The number of hydrogen-bond acceptors (Lipinski definition) is 3. The molecule has 1 aromatic rings. The van der Waals surface area contributed by atoms with Crippen LogP contribution in [0.4, 0.5) is 0 Å². The van der Waals surface area contributed by atoms with E-state index in [-0.39, 0.29) is 0 Å². The van der Waals surface area contributed by atoms with Crippen LogP contribution in [0, 0.1) is 0 Å². The Morgan fingerprint density at radius 2 is 1.81 bits per heavy atom. The van der Waals surface area contributed by atoms with Gasteiger partial charge in [0.05, 0.1) is 4.91 Å². The number of rotatable bonds is 4. The average molecular weight is 235 g/mol. The standard InChI is InChI=1S/C12H13NO2S/c14-16(15)8-4-7-12(16)10-13-9-11-5-2-1-3-6-11/h1-8,13H,9-10H2. The first kappa shape index (κ1) is 11.1. The molecule has 0 amide bonds. The molecule has 1 heterocycles. The molecule has 4 heteroatoms. The SMILES string of the molecule is O=S1(=O)C=CC=C1CNCc1ccccc1. The molecule has 3 nitrogen and oxygen atoms in total. The second-order valence-electron chi connectivity index (χ2n) is 3.60. The second-order valence-corrected chi connectivity index (χ2v) is 5.48. The van der Waals surface area contributed by atoms with E-state index >= 15 is 0 Å². The molecule has 0 saturated carbocycles. The lowest BCUT2D eigenvalue weighted by molar-refractivity contribution is 0.607. The number of benzene rings is 1. The summed E-state index contributed by atoms with van der Waals surface area (Å²) in [6.07, 6.45) is 3.20. The molecule has 0 aromatic heterocycles. The zero-order chi connectivity index (χ0) is 11.4. The van der Waals surface area contributed by atoms with Gasteiger partial charge in [0, 0.05) is 18.5 Å². The summed E-state index contributed by atoms with van der Waals surface area (Å²) in [6.45, 7) is 1.05. The smallest absolute Gasteiger partial charge is 0.197 e. The number of sulfone groups is 1. The minimum absolute atomic E-state index is 0.379. The summed E-state index contributed by atoms with van der Waals surface area (Å²) >= 11 is 0. The quantitative estimate of drug-likeness (QED) is 0.862. The minimum Gasteiger partial charge on any atom is -0.308 e. The van der Waals surface area contributed by atoms with Crippen LogP contribution < -0.4 is 5.32 Å². The monoisotopic (exact) mass is 235 g/mol. The van der Waals surface area contributed by atoms with Crippen LogP contribution in [-0.2, 0) is 16.4 Å². The third kappa shape index (κ3) is 2.59. The van der Waals surface area contributed by atoms with Crippen LogP contribution in [0.5, 0.6) is 0 Å². The summed E-state index contributed by atoms with van der Waals surface area (Å²) in [6, 6.07) is 9.89. The predicted octanol–water partition coefficient (Wildman–Crippen LogP) is 1.60. The lowest BCUT2D eigenvalue weighted by Crippen LogP contribution is -2.19. The van der Waals surface area contributed by atoms with E-state index < -0.39 is 9.84 Å². The van der Waals surface area contributed by atoms with E-state index in [1.165, 1.54) is 5.41 Å². The molecule has 0 bridgehead atoms. The molecule has 0 saturated heterocycles. The second kappa shape index (κ2) is 4.63. The van der Waals surface area contributed by atoms with E-state index in [1.54, 1.807) is 12.2 Å². The molecule has 0 aliphatic carbocycles. The zero-order valence-corrected chi connectivity index (χ0v) is 9.57. The Labute approximate surface area is 95.4 Å². The molecule has 1 aliphatic heterocycles. The topological polar surface area (TPSA) is 46.2 Å². The Morgan fingerprint density at radius 1 is 1.06 bits per heavy atom. The Kier molecular flexibility index (Phi) is 3.22. The summed E-state index contributed by atoms with van der Waals surface area (Å²) in [5, 5.41) is 4.34. The van der Waals surface area contributed by atoms with Crippen molar-refractivity contribution in [2.75, 3.05) is 6.54 Å². The van der Waals surface area contributed by atoms with E-state index in [0.717, 1.165) is 5.56 Å². The van der Waals surface area contributed by atoms with Gasteiger partial charge < -0.3 is 5.32 Å². The van der Waals surface area contributed by atoms with Crippen molar-refractivity contribution in [1.29, 1.82) is 0 Å². The molecule has 0 atom stereocenters. The Morgan fingerprint density at radius 3 is 2.44 bits per heavy atom. The summed E-state index contributed by atoms with van der Waals surface area (Å²) in [5.41, 5.74) is 1.14. The third-order valence-electron chi connectivity index (χ3n) is 2.38. The third-order valence-corrected chi connectivity index (χ3v) is 3.90. The highest BCUT2D eigenvalue weighted by atomic mass is 32.2. The molecule has 0 fully saturated rings. The maximum Gasteiger partial charge on any atom is 0.197 e. The molecule has 0 radical (unpaired) electrons. The van der Waals surface area contributed by atoms with E-state index in [1.807, 2.05) is 30.3 Å². The van der Waals surface area contributed by atoms with Crippen LogP contribution in [0.2, 0.25) is 0 Å². The van der Waals surface area contributed by atoms with Crippen LogP contribution in [0.3, 0.4) is 0 Å². The first-order chi connectivity index (χ1) is 7.68. The first-order valence-corrected chi connectivity index (χ1v) is 6.60. The predicted molar refractivity (Wildman–Crippen MR) is 64.3 cm³/mol. The van der Waals surface area contributed by atoms with Gasteiger partial charge in [0.25, 0.3) is 0 Å². The van der Waals surface area contributed by atoms with Crippen LogP contribution in [-0.4, -0.2) is 15.0 Å². The van der Waals surface area contributed by atoms with E-state index in [0.29, 0.717) is 18.0 Å². The highest BCUT2D eigenvalue weighted by Gasteiger charge is 2.16. The van der Waals surface area contributed by atoms with Gasteiger partial charge in [0.1, 0.15) is 0 Å². The molecule has 1 N–H and O–H groups in total. The first-order valence-electron chi connectivity index (χ1n) is 5.05. The maximum atomic E-state index is 11.4. The van der Waals surface area contributed by atoms with Gasteiger partial charge in [-0.3, -0.25) is 0 Å². The van der Waals surface area contributed by atoms with Crippen molar-refractivity contribution in [3.05, 3.63) is 58.4 Å². The lowest BCUT2D eigenvalue weighted by atomic mass is 10.2. The summed E-state index contributed by atoms with van der Waals surface area (Å²) < 4.78 is 22.8. The fourth-order valence-electron chi connectivity index (χ4n) is 1.52. The summed E-state index contributed by atoms with van der Waals surface area (Å²) in [4.78, 5) is 0.434. The van der Waals surface area contributed by atoms with E-state index in [4.69, 9.17) is 0 Å². The van der Waals surface area contributed by atoms with Crippen LogP contribution in [0.15, 0.2) is 52.8 Å². The highest BCUT2D eigenvalue weighted by molar-refractivity contribution is 7.98. The van der Waals surface area contributed by atoms with Gasteiger partial charge in [-0.1, -0.05) is 30.3 Å². The molecule has 84 valence electrons. The molecular weight excluding hydrogens is 222 g/mol. The van der Waals surface area contributed by atoms with Crippen molar-refractivity contribution < 1.29 is 8.42 Å². The fourth-order valence-corrected chi connectivity index (χ4v) is 2.55. The Hall–Kier alpha value is -1.39. The summed E-state index contributed by atoms with van der Waals surface area (Å²) in [5.74, 6) is 0. The molecule has 2 rings (SSSR count). The number of hydrogen-bond donors (Lipinski definition) is 1. The fraction of sp³-hybridized carbons (Fsp3) is 0.167. The Bertz CT molecular complexity index is 515. The van der Waals surface area contributed by atoms with Gasteiger partial charge in [0.2, 0.25) is 0 Å². The van der Waals surface area contributed by atoms with Gasteiger partial charge in [0.15, 0.2) is 9.84 Å². The van der Waals surface area contributed by atoms with Gasteiger partial charge >= 0.3 is 0 Å². The molecule has 16 heavy (non-hydrogen) atoms. The van der Waals surface area contributed by atoms with Gasteiger partial charge in [-0.15, -0.1) is 0 Å². The van der Waals surface area contributed by atoms with E-state index in [9.17, 15) is 8.42 Å². The van der Waals surface area contributed by atoms with Gasteiger partial charge in [-0.05, 0) is 17.7 Å². The average Bonchev–Trinajstić information content (AvgIpc) is 2.60. The molecular formula is C12H13NO2S. The minimum atomic E-state index is -3.12. The summed E-state index contributed by atoms with van der Waals surface area (Å²) in [7, 11) is -3.12. The molecule has 1 aromatic carbocycles. The van der Waals surface area contributed by atoms with Crippen LogP contribution in [0.1, 0.15) is 5.56 Å². The van der Waals surface area contributed by atoms with Crippen LogP contribution >= 0.6 is 0 Å². The van der Waals surface area contributed by atoms with Crippen molar-refractivity contribution in [2.45, 2.75) is 6.54 Å². The maximum absolute atomic E-state index is 11.4. The van der Waals surface area contributed by atoms with Gasteiger partial charge in [-0.2, -0.15) is 0 Å². The Balaban J connectivity index is 1.87. The van der Waals surface area contributed by atoms with Gasteiger partial charge in [-0.25, -0.2) is 8.42 Å². The molecule has 0 unspecified atom stereocenters. The van der Waals surface area contributed by atoms with Crippen molar-refractivity contribution in [3.8, 4) is 0 Å². The van der Waals surface area contributed by atoms with Crippen molar-refractivity contribution in [3.63, 3.8) is 0 Å². The number of allylic oxidation sites excluding steroid dienone is 2. The van der Waals surface area contributed by atoms with Crippen molar-refractivity contribution in [2.24, 2.45) is 0 Å². The van der Waals surface area contributed by atoms with Crippen molar-refractivity contribution >= 4 is 9.84 Å².